The summed E-state index contributed by atoms with van der Waals surface area (Å²) in [5.41, 5.74) is 0.820. The van der Waals surface area contributed by atoms with Gasteiger partial charge in [0.25, 0.3) is 0 Å². The van der Waals surface area contributed by atoms with Gasteiger partial charge in [-0.05, 0) is 53.2 Å². The Bertz CT molecular complexity index is 932. The summed E-state index contributed by atoms with van der Waals surface area (Å²) in [6.45, 7) is 4.10. The molecule has 2 aromatic rings. The second kappa shape index (κ2) is 8.57. The molecule has 1 fully saturated rings. The Morgan fingerprint density at radius 3 is 2.44 bits per heavy atom. The normalized spacial score (nSPS) is 15.8. The lowest BCUT2D eigenvalue weighted by molar-refractivity contribution is 0.338. The van der Waals surface area contributed by atoms with E-state index in [-0.39, 0.29) is 4.90 Å². The van der Waals surface area contributed by atoms with Crippen molar-refractivity contribution < 1.29 is 13.2 Å². The van der Waals surface area contributed by atoms with Crippen molar-refractivity contribution in [2.75, 3.05) is 37.7 Å². The molecule has 0 unspecified atom stereocenters. The van der Waals surface area contributed by atoms with Crippen LogP contribution in [0.5, 0.6) is 5.75 Å². The molecule has 0 radical (unpaired) electrons. The first-order valence-corrected chi connectivity index (χ1v) is 11.4. The maximum absolute atomic E-state index is 13.1. The number of piperazine rings is 1. The van der Waals surface area contributed by atoms with Crippen molar-refractivity contribution in [1.82, 2.24) is 4.31 Å². The van der Waals surface area contributed by atoms with Gasteiger partial charge >= 0.3 is 0 Å². The molecule has 1 heterocycles. The second-order valence-corrected chi connectivity index (χ2v) is 9.62. The van der Waals surface area contributed by atoms with Gasteiger partial charge in [-0.2, -0.15) is 4.31 Å². The predicted octanol–water partition coefficient (Wildman–Crippen LogP) is 4.67. The molecule has 5 nitrogen and oxygen atoms in total. The van der Waals surface area contributed by atoms with E-state index in [0.29, 0.717) is 53.1 Å². The molecule has 0 bridgehead atoms. The summed E-state index contributed by atoms with van der Waals surface area (Å²) in [6.07, 6.45) is 0. The third-order valence-electron chi connectivity index (χ3n) is 4.32. The van der Waals surface area contributed by atoms with E-state index < -0.39 is 10.0 Å². The Balaban J connectivity index is 1.79. The fourth-order valence-corrected chi connectivity index (χ4v) is 5.74. The van der Waals surface area contributed by atoms with Crippen molar-refractivity contribution in [1.29, 1.82) is 0 Å². The molecule has 146 valence electrons. The number of anilines is 1. The summed E-state index contributed by atoms with van der Waals surface area (Å²) in [4.78, 5) is 2.26. The van der Waals surface area contributed by atoms with Gasteiger partial charge in [0.1, 0.15) is 10.6 Å². The van der Waals surface area contributed by atoms with Crippen molar-refractivity contribution in [2.24, 2.45) is 0 Å². The molecular formula is C18H19BrCl2N2O3S. The molecule has 1 aliphatic heterocycles. The highest BCUT2D eigenvalue weighted by molar-refractivity contribution is 9.10. The fraction of sp³-hybridized carbons (Fsp3) is 0.333. The van der Waals surface area contributed by atoms with Gasteiger partial charge in [0.2, 0.25) is 10.0 Å². The fourth-order valence-electron chi connectivity index (χ4n) is 2.97. The van der Waals surface area contributed by atoms with Crippen LogP contribution < -0.4 is 9.64 Å². The smallest absolute Gasteiger partial charge is 0.244 e. The molecule has 0 N–H and O–H groups in total. The molecule has 0 amide bonds. The van der Waals surface area contributed by atoms with E-state index in [9.17, 15) is 8.42 Å². The number of nitrogens with zero attached hydrogens (tertiary/aromatic N) is 2. The maximum Gasteiger partial charge on any atom is 0.244 e. The van der Waals surface area contributed by atoms with Gasteiger partial charge in [-0.25, -0.2) is 8.42 Å². The molecule has 1 saturated heterocycles. The summed E-state index contributed by atoms with van der Waals surface area (Å²) < 4.78 is 33.7. The highest BCUT2D eigenvalue weighted by Gasteiger charge is 2.31. The third kappa shape index (κ3) is 4.54. The van der Waals surface area contributed by atoms with Crippen LogP contribution in [0.25, 0.3) is 0 Å². The van der Waals surface area contributed by atoms with Crippen LogP contribution in [-0.2, 0) is 10.0 Å². The Morgan fingerprint density at radius 1 is 1.07 bits per heavy atom. The summed E-state index contributed by atoms with van der Waals surface area (Å²) >= 11 is 15.7. The van der Waals surface area contributed by atoms with E-state index in [0.717, 1.165) is 5.69 Å². The quantitative estimate of drug-likeness (QED) is 0.607. The lowest BCUT2D eigenvalue weighted by Crippen LogP contribution is -2.48. The molecule has 0 atom stereocenters. The van der Waals surface area contributed by atoms with Gasteiger partial charge in [0.15, 0.2) is 0 Å². The molecule has 0 aliphatic carbocycles. The monoisotopic (exact) mass is 492 g/mol. The zero-order valence-corrected chi connectivity index (χ0v) is 18.6. The van der Waals surface area contributed by atoms with Gasteiger partial charge in [0.05, 0.1) is 17.3 Å². The number of sulfonamides is 1. The van der Waals surface area contributed by atoms with E-state index in [1.807, 2.05) is 11.8 Å². The number of benzene rings is 2. The van der Waals surface area contributed by atoms with Gasteiger partial charge in [0, 0.05) is 41.7 Å². The SMILES string of the molecule is CCOc1ccc(Br)c(S(=O)(=O)N2CCN(c3cc(Cl)ccc3Cl)CC2)c1. The van der Waals surface area contributed by atoms with E-state index in [1.165, 1.54) is 4.31 Å². The zero-order valence-electron chi connectivity index (χ0n) is 14.7. The minimum atomic E-state index is -3.64. The lowest BCUT2D eigenvalue weighted by atomic mass is 10.2. The summed E-state index contributed by atoms with van der Waals surface area (Å²) in [5.74, 6) is 0.531. The van der Waals surface area contributed by atoms with E-state index in [1.54, 1.807) is 36.4 Å². The van der Waals surface area contributed by atoms with Gasteiger partial charge in [-0.3, -0.25) is 0 Å². The Hall–Kier alpha value is -0.990. The first kappa shape index (κ1) is 20.7. The standard InChI is InChI=1S/C18H19BrCl2N2O3S/c1-2-26-14-4-5-15(19)18(12-14)27(24,25)23-9-7-22(8-10-23)17-11-13(20)3-6-16(17)21/h3-6,11-12H,2,7-10H2,1H3. The van der Waals surface area contributed by atoms with Crippen molar-refractivity contribution in [3.8, 4) is 5.75 Å². The van der Waals surface area contributed by atoms with E-state index >= 15 is 0 Å². The van der Waals surface area contributed by atoms with Crippen molar-refractivity contribution in [2.45, 2.75) is 11.8 Å². The molecule has 27 heavy (non-hydrogen) atoms. The largest absolute Gasteiger partial charge is 0.494 e. The predicted molar refractivity (Wildman–Crippen MR) is 113 cm³/mol. The molecule has 2 aromatic carbocycles. The van der Waals surface area contributed by atoms with Crippen LogP contribution in [0.2, 0.25) is 10.0 Å². The maximum atomic E-state index is 13.1. The highest BCUT2D eigenvalue weighted by atomic mass is 79.9. The molecule has 9 heteroatoms. The lowest BCUT2D eigenvalue weighted by Gasteiger charge is -2.36. The average Bonchev–Trinajstić information content (AvgIpc) is 2.65. The Morgan fingerprint density at radius 2 is 1.78 bits per heavy atom. The summed E-state index contributed by atoms with van der Waals surface area (Å²) in [7, 11) is -3.64. The molecule has 3 rings (SSSR count). The van der Waals surface area contributed by atoms with Gasteiger partial charge in [-0.1, -0.05) is 23.2 Å². The van der Waals surface area contributed by atoms with Gasteiger partial charge < -0.3 is 9.64 Å². The first-order chi connectivity index (χ1) is 12.8. The molecule has 0 aromatic heterocycles. The average molecular weight is 494 g/mol. The van der Waals surface area contributed by atoms with Crippen LogP contribution in [0.4, 0.5) is 5.69 Å². The molecule has 0 spiro atoms. The van der Waals surface area contributed by atoms with Crippen LogP contribution in [0.15, 0.2) is 45.8 Å². The number of halogens is 3. The Labute approximate surface area is 178 Å². The van der Waals surface area contributed by atoms with Crippen LogP contribution >= 0.6 is 39.1 Å². The van der Waals surface area contributed by atoms with Crippen LogP contribution in [-0.4, -0.2) is 45.5 Å². The van der Waals surface area contributed by atoms with Crippen LogP contribution in [0, 0.1) is 0 Å². The van der Waals surface area contributed by atoms with Crippen molar-refractivity contribution in [3.63, 3.8) is 0 Å². The Kier molecular flexibility index (Phi) is 6.58. The van der Waals surface area contributed by atoms with Crippen LogP contribution in [0.1, 0.15) is 6.92 Å². The van der Waals surface area contributed by atoms with E-state index in [2.05, 4.69) is 15.9 Å². The van der Waals surface area contributed by atoms with Crippen molar-refractivity contribution >= 4 is 54.8 Å². The van der Waals surface area contributed by atoms with Gasteiger partial charge in [-0.15, -0.1) is 0 Å². The number of ether oxygens (including phenoxy) is 1. The van der Waals surface area contributed by atoms with Crippen molar-refractivity contribution in [3.05, 3.63) is 50.9 Å². The number of rotatable bonds is 5. The molecular weight excluding hydrogens is 475 g/mol. The number of hydrogen-bond acceptors (Lipinski definition) is 4. The van der Waals surface area contributed by atoms with Crippen LogP contribution in [0.3, 0.4) is 0 Å². The third-order valence-corrected chi connectivity index (χ3v) is 7.77. The first-order valence-electron chi connectivity index (χ1n) is 8.45. The topological polar surface area (TPSA) is 49.9 Å². The summed E-state index contributed by atoms with van der Waals surface area (Å²) in [6, 6.07) is 10.3. The minimum Gasteiger partial charge on any atom is -0.494 e. The minimum absolute atomic E-state index is 0.211. The number of hydrogen-bond donors (Lipinski definition) is 0. The summed E-state index contributed by atoms with van der Waals surface area (Å²) in [5, 5.41) is 1.20. The molecule has 0 saturated carbocycles. The second-order valence-electron chi connectivity index (χ2n) is 6.01. The van der Waals surface area contributed by atoms with E-state index in [4.69, 9.17) is 27.9 Å². The zero-order chi connectivity index (χ0) is 19.6. The highest BCUT2D eigenvalue weighted by Crippen LogP contribution is 2.32. The molecule has 1 aliphatic rings.